The van der Waals surface area contributed by atoms with E-state index in [2.05, 4.69) is 10.6 Å². The Labute approximate surface area is 123 Å². The minimum absolute atomic E-state index is 0.0298. The third kappa shape index (κ3) is 3.93. The lowest BCUT2D eigenvalue weighted by Crippen LogP contribution is -2.58. The maximum Gasteiger partial charge on any atom is 0.315 e. The zero-order valence-corrected chi connectivity index (χ0v) is 12.7. The first kappa shape index (κ1) is 16.9. The number of carboxylic acid groups (broad SMARTS) is 1. The van der Waals surface area contributed by atoms with Gasteiger partial charge in [0, 0.05) is 12.1 Å². The Kier molecular flexibility index (Phi) is 4.93. The van der Waals surface area contributed by atoms with Crippen LogP contribution in [0.25, 0.3) is 0 Å². The number of carbonyl (C=O) groups excluding carboxylic acids is 1. The molecule has 0 saturated carbocycles. The first-order valence-corrected chi connectivity index (χ1v) is 6.61. The number of halogens is 1. The normalized spacial score (nSPS) is 11.9. The molecule has 0 saturated heterocycles. The highest BCUT2D eigenvalue weighted by Crippen LogP contribution is 2.30. The topological polar surface area (TPSA) is 78.4 Å². The zero-order valence-electron chi connectivity index (χ0n) is 12.7. The van der Waals surface area contributed by atoms with Crippen LogP contribution in [0.3, 0.4) is 0 Å². The summed E-state index contributed by atoms with van der Waals surface area (Å²) in [7, 11) is 0. The number of rotatable bonds is 5. The van der Waals surface area contributed by atoms with Gasteiger partial charge in [-0.15, -0.1) is 0 Å². The lowest BCUT2D eigenvalue weighted by atomic mass is 9.74. The molecule has 1 aromatic rings. The average molecular weight is 296 g/mol. The quantitative estimate of drug-likeness (QED) is 0.781. The Balaban J connectivity index is 2.66. The van der Waals surface area contributed by atoms with Crippen LogP contribution in [0.5, 0.6) is 0 Å². The summed E-state index contributed by atoms with van der Waals surface area (Å²) in [5.41, 5.74) is -1.76. The van der Waals surface area contributed by atoms with E-state index in [1.165, 1.54) is 19.9 Å². The second-order valence-corrected chi connectivity index (χ2v) is 5.95. The van der Waals surface area contributed by atoms with Crippen LogP contribution in [0.1, 0.15) is 33.3 Å². The number of carbonyl (C=O) groups is 2. The standard InChI is InChI=1S/C15H21FN2O3/c1-14(2,12(19)20)15(3,4)18-13(21)17-9-10-7-5-6-8-11(10)16/h5-8H,9H2,1-4H3,(H,19,20)(H2,17,18,21). The first-order chi connectivity index (χ1) is 9.58. The van der Waals surface area contributed by atoms with E-state index >= 15 is 0 Å². The van der Waals surface area contributed by atoms with Gasteiger partial charge in [0.1, 0.15) is 5.82 Å². The molecule has 5 nitrogen and oxygen atoms in total. The van der Waals surface area contributed by atoms with Gasteiger partial charge in [-0.25, -0.2) is 9.18 Å². The Morgan fingerprint density at radius 3 is 2.29 bits per heavy atom. The summed E-state index contributed by atoms with van der Waals surface area (Å²) < 4.78 is 13.4. The van der Waals surface area contributed by atoms with Crippen LogP contribution >= 0.6 is 0 Å². The number of amides is 2. The molecule has 0 atom stereocenters. The van der Waals surface area contributed by atoms with Crippen molar-refractivity contribution in [3.05, 3.63) is 35.6 Å². The predicted octanol–water partition coefficient (Wildman–Crippen LogP) is 2.51. The van der Waals surface area contributed by atoms with Gasteiger partial charge in [0.15, 0.2) is 0 Å². The minimum Gasteiger partial charge on any atom is -0.481 e. The molecule has 2 amide bonds. The fourth-order valence-corrected chi connectivity index (χ4v) is 1.57. The van der Waals surface area contributed by atoms with Gasteiger partial charge < -0.3 is 15.7 Å². The number of aliphatic carboxylic acids is 1. The van der Waals surface area contributed by atoms with Crippen LogP contribution in [0.4, 0.5) is 9.18 Å². The van der Waals surface area contributed by atoms with Crippen LogP contribution in [0, 0.1) is 11.2 Å². The first-order valence-electron chi connectivity index (χ1n) is 6.61. The summed E-state index contributed by atoms with van der Waals surface area (Å²) in [4.78, 5) is 23.1. The highest BCUT2D eigenvalue weighted by molar-refractivity contribution is 5.79. The molecule has 0 aromatic heterocycles. The van der Waals surface area contributed by atoms with Crippen LogP contribution in [0.2, 0.25) is 0 Å². The van der Waals surface area contributed by atoms with Crippen molar-refractivity contribution in [2.45, 2.75) is 39.8 Å². The van der Waals surface area contributed by atoms with Crippen molar-refractivity contribution in [3.63, 3.8) is 0 Å². The monoisotopic (exact) mass is 296 g/mol. The number of nitrogens with one attached hydrogen (secondary N) is 2. The van der Waals surface area contributed by atoms with Crippen molar-refractivity contribution < 1.29 is 19.1 Å². The molecule has 0 unspecified atom stereocenters. The zero-order chi connectivity index (χ0) is 16.3. The van der Waals surface area contributed by atoms with Gasteiger partial charge in [-0.1, -0.05) is 18.2 Å². The van der Waals surface area contributed by atoms with Gasteiger partial charge in [-0.05, 0) is 33.8 Å². The third-order valence-corrected chi connectivity index (χ3v) is 3.92. The molecule has 0 bridgehead atoms. The van der Waals surface area contributed by atoms with Gasteiger partial charge in [0.25, 0.3) is 0 Å². The van der Waals surface area contributed by atoms with Crippen molar-refractivity contribution in [2.75, 3.05) is 0 Å². The van der Waals surface area contributed by atoms with E-state index in [1.54, 1.807) is 32.0 Å². The summed E-state index contributed by atoms with van der Waals surface area (Å²) in [5, 5.41) is 14.4. The van der Waals surface area contributed by atoms with E-state index in [9.17, 15) is 19.1 Å². The number of hydrogen-bond donors (Lipinski definition) is 3. The van der Waals surface area contributed by atoms with Crippen LogP contribution in [-0.4, -0.2) is 22.6 Å². The van der Waals surface area contributed by atoms with Crippen LogP contribution in [0.15, 0.2) is 24.3 Å². The molecule has 0 heterocycles. The molecule has 0 spiro atoms. The Hall–Kier alpha value is -2.11. The lowest BCUT2D eigenvalue weighted by molar-refractivity contribution is -0.150. The largest absolute Gasteiger partial charge is 0.481 e. The molecule has 1 rings (SSSR count). The van der Waals surface area contributed by atoms with E-state index in [1.807, 2.05) is 0 Å². The summed E-state index contributed by atoms with van der Waals surface area (Å²) >= 11 is 0. The smallest absolute Gasteiger partial charge is 0.315 e. The molecule has 3 N–H and O–H groups in total. The lowest BCUT2D eigenvalue weighted by Gasteiger charge is -2.38. The fraction of sp³-hybridized carbons (Fsp3) is 0.467. The molecule has 0 aliphatic carbocycles. The molecule has 0 aliphatic heterocycles. The molecule has 0 aliphatic rings. The van der Waals surface area contributed by atoms with E-state index in [0.717, 1.165) is 0 Å². The fourth-order valence-electron chi connectivity index (χ4n) is 1.57. The molecule has 1 aromatic carbocycles. The molecule has 0 fully saturated rings. The number of urea groups is 1. The highest BCUT2D eigenvalue weighted by Gasteiger charge is 2.44. The number of hydrogen-bond acceptors (Lipinski definition) is 2. The van der Waals surface area contributed by atoms with Crippen molar-refractivity contribution in [1.82, 2.24) is 10.6 Å². The van der Waals surface area contributed by atoms with Crippen molar-refractivity contribution in [2.24, 2.45) is 5.41 Å². The highest BCUT2D eigenvalue weighted by atomic mass is 19.1. The maximum absolute atomic E-state index is 13.4. The van der Waals surface area contributed by atoms with Crippen molar-refractivity contribution in [3.8, 4) is 0 Å². The van der Waals surface area contributed by atoms with Gasteiger partial charge in [-0.3, -0.25) is 4.79 Å². The van der Waals surface area contributed by atoms with Crippen LogP contribution < -0.4 is 10.6 Å². The minimum atomic E-state index is -1.15. The van der Waals surface area contributed by atoms with Gasteiger partial charge in [-0.2, -0.15) is 0 Å². The number of carboxylic acids is 1. The molecule has 6 heteroatoms. The van der Waals surface area contributed by atoms with Gasteiger partial charge in [0.05, 0.1) is 11.0 Å². The second-order valence-electron chi connectivity index (χ2n) is 5.95. The van der Waals surface area contributed by atoms with Crippen molar-refractivity contribution >= 4 is 12.0 Å². The average Bonchev–Trinajstić information content (AvgIpc) is 2.36. The molecule has 21 heavy (non-hydrogen) atoms. The van der Waals surface area contributed by atoms with Gasteiger partial charge in [0.2, 0.25) is 0 Å². The SMILES string of the molecule is CC(C)(NC(=O)NCc1ccccc1F)C(C)(C)C(=O)O. The Morgan fingerprint density at radius 1 is 1.19 bits per heavy atom. The number of benzene rings is 1. The van der Waals surface area contributed by atoms with Gasteiger partial charge >= 0.3 is 12.0 Å². The van der Waals surface area contributed by atoms with Crippen molar-refractivity contribution in [1.29, 1.82) is 0 Å². The summed E-state index contributed by atoms with van der Waals surface area (Å²) in [6.07, 6.45) is 0. The third-order valence-electron chi connectivity index (χ3n) is 3.92. The predicted molar refractivity (Wildman–Crippen MR) is 77.3 cm³/mol. The molecule has 116 valence electrons. The Bertz CT molecular complexity index is 541. The van der Waals surface area contributed by atoms with E-state index in [4.69, 9.17) is 0 Å². The van der Waals surface area contributed by atoms with E-state index in [0.29, 0.717) is 5.56 Å². The second kappa shape index (κ2) is 6.11. The summed E-state index contributed by atoms with van der Waals surface area (Å²) in [6.45, 7) is 6.36. The molecular weight excluding hydrogens is 275 g/mol. The molecular formula is C15H21FN2O3. The summed E-state index contributed by atoms with van der Waals surface area (Å²) in [6, 6.07) is 5.58. The van der Waals surface area contributed by atoms with E-state index in [-0.39, 0.29) is 6.54 Å². The summed E-state index contributed by atoms with van der Waals surface area (Å²) in [5.74, 6) is -1.41. The van der Waals surface area contributed by atoms with E-state index < -0.39 is 28.8 Å². The molecule has 0 radical (unpaired) electrons. The maximum atomic E-state index is 13.4. The Morgan fingerprint density at radius 2 is 1.76 bits per heavy atom. The van der Waals surface area contributed by atoms with Crippen LogP contribution in [-0.2, 0) is 11.3 Å².